The first kappa shape index (κ1) is 22.0. The molecular formula is C19H25Cl2N5O2. The van der Waals surface area contributed by atoms with Crippen molar-refractivity contribution in [3.05, 3.63) is 51.7 Å². The standard InChI is InChI=1S/C19H25Cl2N5O2/c1-19(2,3)15-10-25-16(28-15)11-26-18(22-4)24-8-7-23-17(27)12-5-6-13(20)14(21)9-12/h5-6,9-10H,7-8,11H2,1-4H3,(H,23,27)(H2,22,24,26). The summed E-state index contributed by atoms with van der Waals surface area (Å²) in [5.74, 6) is 1.77. The average Bonchev–Trinajstić information content (AvgIpc) is 3.12. The van der Waals surface area contributed by atoms with Gasteiger partial charge in [0.25, 0.3) is 5.91 Å². The minimum absolute atomic E-state index is 0.0856. The number of nitrogens with one attached hydrogen (secondary N) is 3. The zero-order valence-corrected chi connectivity index (χ0v) is 17.9. The molecule has 1 heterocycles. The van der Waals surface area contributed by atoms with Gasteiger partial charge in [0.05, 0.1) is 22.8 Å². The molecule has 0 aliphatic rings. The highest BCUT2D eigenvalue weighted by Gasteiger charge is 2.19. The summed E-state index contributed by atoms with van der Waals surface area (Å²) in [5, 5.41) is 9.79. The average molecular weight is 426 g/mol. The van der Waals surface area contributed by atoms with Crippen molar-refractivity contribution in [1.29, 1.82) is 0 Å². The Morgan fingerprint density at radius 2 is 1.86 bits per heavy atom. The molecule has 3 N–H and O–H groups in total. The first-order valence-corrected chi connectivity index (χ1v) is 9.59. The van der Waals surface area contributed by atoms with Crippen LogP contribution in [0, 0.1) is 0 Å². The van der Waals surface area contributed by atoms with Crippen molar-refractivity contribution >= 4 is 35.1 Å². The first-order chi connectivity index (χ1) is 13.2. The van der Waals surface area contributed by atoms with Gasteiger partial charge in [0.2, 0.25) is 5.89 Å². The van der Waals surface area contributed by atoms with Crippen molar-refractivity contribution in [2.75, 3.05) is 20.1 Å². The highest BCUT2D eigenvalue weighted by molar-refractivity contribution is 6.42. The molecule has 1 aromatic heterocycles. The number of guanidine groups is 1. The highest BCUT2D eigenvalue weighted by Crippen LogP contribution is 2.23. The van der Waals surface area contributed by atoms with Crippen LogP contribution in [0.5, 0.6) is 0 Å². The lowest BCUT2D eigenvalue weighted by Gasteiger charge is -2.13. The molecule has 0 aliphatic heterocycles. The number of amides is 1. The van der Waals surface area contributed by atoms with Gasteiger partial charge >= 0.3 is 0 Å². The van der Waals surface area contributed by atoms with E-state index < -0.39 is 0 Å². The van der Waals surface area contributed by atoms with Crippen LogP contribution in [0.4, 0.5) is 0 Å². The lowest BCUT2D eigenvalue weighted by Crippen LogP contribution is -2.41. The van der Waals surface area contributed by atoms with Crippen LogP contribution < -0.4 is 16.0 Å². The van der Waals surface area contributed by atoms with Crippen molar-refractivity contribution in [2.24, 2.45) is 4.99 Å². The van der Waals surface area contributed by atoms with Gasteiger partial charge in [0, 0.05) is 31.1 Å². The molecule has 0 fully saturated rings. The molecule has 0 unspecified atom stereocenters. The summed E-state index contributed by atoms with van der Waals surface area (Å²) in [6.45, 7) is 7.51. The van der Waals surface area contributed by atoms with Crippen LogP contribution in [0.2, 0.25) is 10.0 Å². The number of benzene rings is 1. The number of rotatable bonds is 6. The van der Waals surface area contributed by atoms with E-state index in [1.165, 1.54) is 6.07 Å². The van der Waals surface area contributed by atoms with Gasteiger partial charge in [0.15, 0.2) is 5.96 Å². The smallest absolute Gasteiger partial charge is 0.251 e. The Balaban J connectivity index is 1.74. The summed E-state index contributed by atoms with van der Waals surface area (Å²) in [7, 11) is 1.67. The molecule has 0 aliphatic carbocycles. The number of aliphatic imine (C=N–C) groups is 1. The second-order valence-corrected chi connectivity index (χ2v) is 7.92. The number of carbonyl (C=O) groups is 1. The fourth-order valence-electron chi connectivity index (χ4n) is 2.22. The number of oxazole rings is 1. The third-order valence-electron chi connectivity index (χ3n) is 3.81. The Labute approximate surface area is 174 Å². The third-order valence-corrected chi connectivity index (χ3v) is 4.55. The summed E-state index contributed by atoms with van der Waals surface area (Å²) >= 11 is 11.8. The summed E-state index contributed by atoms with van der Waals surface area (Å²) in [5.41, 5.74) is 0.369. The number of hydrogen-bond donors (Lipinski definition) is 3. The molecule has 2 aromatic rings. The molecule has 1 amide bonds. The molecule has 9 heteroatoms. The molecule has 0 radical (unpaired) electrons. The van der Waals surface area contributed by atoms with E-state index in [1.807, 2.05) is 0 Å². The molecule has 0 bridgehead atoms. The summed E-state index contributed by atoms with van der Waals surface area (Å²) in [6, 6.07) is 4.76. The maximum atomic E-state index is 12.1. The van der Waals surface area contributed by atoms with Crippen LogP contribution >= 0.6 is 23.2 Å². The van der Waals surface area contributed by atoms with E-state index in [2.05, 4.69) is 46.7 Å². The second kappa shape index (κ2) is 9.80. The molecule has 0 saturated heterocycles. The summed E-state index contributed by atoms with van der Waals surface area (Å²) in [6.07, 6.45) is 1.74. The van der Waals surface area contributed by atoms with E-state index in [0.29, 0.717) is 47.1 Å². The van der Waals surface area contributed by atoms with Gasteiger partial charge in [0.1, 0.15) is 5.76 Å². The van der Waals surface area contributed by atoms with Crippen LogP contribution in [0.3, 0.4) is 0 Å². The molecule has 0 atom stereocenters. The fourth-order valence-corrected chi connectivity index (χ4v) is 2.51. The molecule has 0 saturated carbocycles. The Morgan fingerprint density at radius 1 is 1.14 bits per heavy atom. The molecule has 0 spiro atoms. The minimum Gasteiger partial charge on any atom is -0.443 e. The van der Waals surface area contributed by atoms with Gasteiger partial charge in [-0.25, -0.2) is 4.98 Å². The Bertz CT molecular complexity index is 843. The van der Waals surface area contributed by atoms with Gasteiger partial charge in [-0.2, -0.15) is 0 Å². The molecule has 152 valence electrons. The fraction of sp³-hybridized carbons (Fsp3) is 0.421. The quantitative estimate of drug-likeness (QED) is 0.374. The lowest BCUT2D eigenvalue weighted by atomic mass is 9.94. The van der Waals surface area contributed by atoms with Crippen molar-refractivity contribution in [3.63, 3.8) is 0 Å². The van der Waals surface area contributed by atoms with Gasteiger partial charge in [-0.1, -0.05) is 44.0 Å². The van der Waals surface area contributed by atoms with Gasteiger partial charge in [-0.15, -0.1) is 0 Å². The molecule has 2 rings (SSSR count). The van der Waals surface area contributed by atoms with E-state index >= 15 is 0 Å². The zero-order valence-electron chi connectivity index (χ0n) is 16.4. The Hall–Kier alpha value is -2.25. The first-order valence-electron chi connectivity index (χ1n) is 8.83. The number of carbonyl (C=O) groups excluding carboxylic acids is 1. The van der Waals surface area contributed by atoms with E-state index in [1.54, 1.807) is 25.4 Å². The number of aromatic nitrogens is 1. The minimum atomic E-state index is -0.224. The number of nitrogens with zero attached hydrogens (tertiary/aromatic N) is 2. The van der Waals surface area contributed by atoms with Gasteiger partial charge in [-0.3, -0.25) is 9.79 Å². The predicted molar refractivity (Wildman–Crippen MR) is 112 cm³/mol. The van der Waals surface area contributed by atoms with E-state index in [0.717, 1.165) is 5.76 Å². The molecule has 7 nitrogen and oxygen atoms in total. The Morgan fingerprint density at radius 3 is 2.46 bits per heavy atom. The predicted octanol–water partition coefficient (Wildman–Crippen LogP) is 3.37. The van der Waals surface area contributed by atoms with Crippen LogP contribution in [0.15, 0.2) is 33.8 Å². The van der Waals surface area contributed by atoms with Crippen molar-refractivity contribution < 1.29 is 9.21 Å². The van der Waals surface area contributed by atoms with Crippen molar-refractivity contribution in [3.8, 4) is 0 Å². The normalized spacial score (nSPS) is 12.0. The number of hydrogen-bond acceptors (Lipinski definition) is 4. The molecule has 1 aromatic carbocycles. The maximum absolute atomic E-state index is 12.1. The summed E-state index contributed by atoms with van der Waals surface area (Å²) < 4.78 is 5.73. The van der Waals surface area contributed by atoms with Crippen LogP contribution in [0.25, 0.3) is 0 Å². The zero-order chi connectivity index (χ0) is 20.7. The van der Waals surface area contributed by atoms with E-state index in [4.69, 9.17) is 27.6 Å². The molecule has 28 heavy (non-hydrogen) atoms. The van der Waals surface area contributed by atoms with Gasteiger partial charge < -0.3 is 20.4 Å². The molecular weight excluding hydrogens is 401 g/mol. The summed E-state index contributed by atoms with van der Waals surface area (Å²) in [4.78, 5) is 20.5. The largest absolute Gasteiger partial charge is 0.443 e. The number of halogens is 2. The maximum Gasteiger partial charge on any atom is 0.251 e. The lowest BCUT2D eigenvalue weighted by molar-refractivity contribution is 0.0954. The van der Waals surface area contributed by atoms with Crippen LogP contribution in [-0.4, -0.2) is 37.0 Å². The second-order valence-electron chi connectivity index (χ2n) is 7.11. The van der Waals surface area contributed by atoms with Crippen LogP contribution in [-0.2, 0) is 12.0 Å². The third kappa shape index (κ3) is 6.42. The topological polar surface area (TPSA) is 91.5 Å². The van der Waals surface area contributed by atoms with Crippen LogP contribution in [0.1, 0.15) is 42.8 Å². The van der Waals surface area contributed by atoms with E-state index in [9.17, 15) is 4.79 Å². The monoisotopic (exact) mass is 425 g/mol. The van der Waals surface area contributed by atoms with Gasteiger partial charge in [-0.05, 0) is 18.2 Å². The van der Waals surface area contributed by atoms with Crippen molar-refractivity contribution in [2.45, 2.75) is 32.7 Å². The van der Waals surface area contributed by atoms with Crippen molar-refractivity contribution in [1.82, 2.24) is 20.9 Å². The Kier molecular flexibility index (Phi) is 7.71. The highest BCUT2D eigenvalue weighted by atomic mass is 35.5. The van der Waals surface area contributed by atoms with E-state index in [-0.39, 0.29) is 11.3 Å². The SMILES string of the molecule is CN=C(NCCNC(=O)c1ccc(Cl)c(Cl)c1)NCc1ncc(C(C)(C)C)o1.